The number of fused-ring (bicyclic) bond motifs is 1. The van der Waals surface area contributed by atoms with Crippen LogP contribution in [0.5, 0.6) is 0 Å². The third-order valence-corrected chi connectivity index (χ3v) is 2.62. The van der Waals surface area contributed by atoms with Gasteiger partial charge in [-0.3, -0.25) is 9.59 Å². The van der Waals surface area contributed by atoms with Gasteiger partial charge in [-0.2, -0.15) is 0 Å². The summed E-state index contributed by atoms with van der Waals surface area (Å²) >= 11 is 0. The fourth-order valence-electron chi connectivity index (χ4n) is 1.72. The molecule has 0 aliphatic rings. The molecule has 2 aromatic carbocycles. The highest BCUT2D eigenvalue weighted by Crippen LogP contribution is 2.21. The van der Waals surface area contributed by atoms with E-state index in [4.69, 9.17) is 0 Å². The second kappa shape index (κ2) is 3.65. The Hall–Kier alpha value is -1.96. The van der Waals surface area contributed by atoms with Gasteiger partial charge in [-0.15, -0.1) is 0 Å². The van der Waals surface area contributed by atoms with Crippen LogP contribution in [0.15, 0.2) is 30.3 Å². The highest BCUT2D eigenvalue weighted by atomic mass is 16.1. The minimum Gasteiger partial charge on any atom is -0.298 e. The molecule has 0 saturated heterocycles. The molecule has 0 unspecified atom stereocenters. The number of carbonyl (C=O) groups excluding carboxylic acids is 2. The Labute approximate surface area is 87.5 Å². The Morgan fingerprint density at radius 3 is 2.47 bits per heavy atom. The topological polar surface area (TPSA) is 34.1 Å². The van der Waals surface area contributed by atoms with E-state index in [2.05, 4.69) is 0 Å². The number of benzene rings is 2. The molecule has 0 saturated carbocycles. The summed E-state index contributed by atoms with van der Waals surface area (Å²) in [6.07, 6.45) is 1.67. The quantitative estimate of drug-likeness (QED) is 0.695. The fourth-order valence-corrected chi connectivity index (χ4v) is 1.72. The zero-order valence-electron chi connectivity index (χ0n) is 8.36. The lowest BCUT2D eigenvalue weighted by molar-refractivity contribution is 0.111. The van der Waals surface area contributed by atoms with Gasteiger partial charge in [-0.1, -0.05) is 24.3 Å². The first kappa shape index (κ1) is 9.59. The third kappa shape index (κ3) is 1.54. The number of aryl methyl sites for hydroxylation is 1. The Balaban J connectivity index is 2.79. The van der Waals surface area contributed by atoms with Gasteiger partial charge in [0.15, 0.2) is 0 Å². The molecule has 2 heteroatoms. The van der Waals surface area contributed by atoms with Gasteiger partial charge >= 0.3 is 0 Å². The molecule has 0 spiro atoms. The number of rotatable bonds is 2. The van der Waals surface area contributed by atoms with Gasteiger partial charge in [0.2, 0.25) is 0 Å². The molecule has 0 radical (unpaired) electrons. The second-order valence-electron chi connectivity index (χ2n) is 3.50. The van der Waals surface area contributed by atoms with Crippen LogP contribution < -0.4 is 0 Å². The van der Waals surface area contributed by atoms with Gasteiger partial charge in [-0.05, 0) is 29.3 Å². The van der Waals surface area contributed by atoms with Gasteiger partial charge < -0.3 is 0 Å². The first-order valence-electron chi connectivity index (χ1n) is 4.70. The van der Waals surface area contributed by atoms with E-state index in [1.165, 1.54) is 0 Å². The van der Waals surface area contributed by atoms with Gasteiger partial charge in [0, 0.05) is 11.1 Å². The molecule has 0 amide bonds. The van der Waals surface area contributed by atoms with Crippen molar-refractivity contribution in [2.75, 3.05) is 0 Å². The van der Waals surface area contributed by atoms with Crippen molar-refractivity contribution in [3.8, 4) is 0 Å². The maximum Gasteiger partial charge on any atom is 0.150 e. The van der Waals surface area contributed by atoms with Crippen molar-refractivity contribution in [1.82, 2.24) is 0 Å². The molecule has 74 valence electrons. The molecule has 0 aliphatic heterocycles. The van der Waals surface area contributed by atoms with Crippen LogP contribution in [0.3, 0.4) is 0 Å². The summed E-state index contributed by atoms with van der Waals surface area (Å²) in [5.41, 5.74) is 2.31. The van der Waals surface area contributed by atoms with Crippen LogP contribution in [0.2, 0.25) is 0 Å². The molecular formula is C13H10O2. The molecule has 0 N–H and O–H groups in total. The lowest BCUT2D eigenvalue weighted by Crippen LogP contribution is -1.89. The van der Waals surface area contributed by atoms with Crippen LogP contribution in [-0.4, -0.2) is 12.6 Å². The summed E-state index contributed by atoms with van der Waals surface area (Å²) in [6.45, 7) is 1.91. The van der Waals surface area contributed by atoms with E-state index < -0.39 is 0 Å². The minimum absolute atomic E-state index is 0.653. The SMILES string of the molecule is Cc1c(C=O)ccc2cc(C=O)ccc12. The van der Waals surface area contributed by atoms with Gasteiger partial charge in [0.1, 0.15) is 12.6 Å². The summed E-state index contributed by atoms with van der Waals surface area (Å²) in [5, 5.41) is 2.01. The molecular weight excluding hydrogens is 188 g/mol. The minimum atomic E-state index is 0.653. The molecule has 2 rings (SSSR count). The van der Waals surface area contributed by atoms with E-state index in [1.54, 1.807) is 12.1 Å². The van der Waals surface area contributed by atoms with Crippen molar-refractivity contribution in [2.24, 2.45) is 0 Å². The van der Waals surface area contributed by atoms with E-state index in [1.807, 2.05) is 25.1 Å². The monoisotopic (exact) mass is 198 g/mol. The summed E-state index contributed by atoms with van der Waals surface area (Å²) in [4.78, 5) is 21.3. The van der Waals surface area contributed by atoms with E-state index >= 15 is 0 Å². The van der Waals surface area contributed by atoms with E-state index in [0.29, 0.717) is 11.1 Å². The Morgan fingerprint density at radius 2 is 1.80 bits per heavy atom. The predicted octanol–water partition coefficient (Wildman–Crippen LogP) is 2.77. The van der Waals surface area contributed by atoms with Crippen molar-refractivity contribution in [1.29, 1.82) is 0 Å². The van der Waals surface area contributed by atoms with E-state index in [-0.39, 0.29) is 0 Å². The maximum atomic E-state index is 10.7. The zero-order chi connectivity index (χ0) is 10.8. The average Bonchev–Trinajstić information content (AvgIpc) is 2.29. The normalized spacial score (nSPS) is 10.2. The number of hydrogen-bond donors (Lipinski definition) is 0. The molecule has 0 aromatic heterocycles. The average molecular weight is 198 g/mol. The van der Waals surface area contributed by atoms with E-state index in [0.717, 1.165) is 28.9 Å². The van der Waals surface area contributed by atoms with Gasteiger partial charge in [0.25, 0.3) is 0 Å². The van der Waals surface area contributed by atoms with Crippen molar-refractivity contribution >= 4 is 23.3 Å². The molecule has 0 atom stereocenters. The first-order valence-corrected chi connectivity index (χ1v) is 4.70. The molecule has 2 aromatic rings. The summed E-state index contributed by atoms with van der Waals surface area (Å²) in [6, 6.07) is 9.10. The summed E-state index contributed by atoms with van der Waals surface area (Å²) in [7, 11) is 0. The van der Waals surface area contributed by atoms with Crippen molar-refractivity contribution in [2.45, 2.75) is 6.92 Å². The van der Waals surface area contributed by atoms with Crippen LogP contribution in [0.4, 0.5) is 0 Å². The number of aldehydes is 2. The molecule has 15 heavy (non-hydrogen) atoms. The zero-order valence-corrected chi connectivity index (χ0v) is 8.36. The molecule has 2 nitrogen and oxygen atoms in total. The fraction of sp³-hybridized carbons (Fsp3) is 0.0769. The van der Waals surface area contributed by atoms with Gasteiger partial charge in [0.05, 0.1) is 0 Å². The standard InChI is InChI=1S/C13H10O2/c1-9-12(8-15)4-3-11-6-10(7-14)2-5-13(9)11/h2-8H,1H3. The smallest absolute Gasteiger partial charge is 0.150 e. The second-order valence-corrected chi connectivity index (χ2v) is 3.50. The first-order chi connectivity index (χ1) is 7.26. The van der Waals surface area contributed by atoms with Crippen LogP contribution in [-0.2, 0) is 0 Å². The number of hydrogen-bond acceptors (Lipinski definition) is 2. The van der Waals surface area contributed by atoms with Crippen LogP contribution in [0.25, 0.3) is 10.8 Å². The third-order valence-electron chi connectivity index (χ3n) is 2.62. The van der Waals surface area contributed by atoms with Crippen molar-refractivity contribution < 1.29 is 9.59 Å². The van der Waals surface area contributed by atoms with Gasteiger partial charge in [-0.25, -0.2) is 0 Å². The maximum absolute atomic E-state index is 10.7. The van der Waals surface area contributed by atoms with Crippen LogP contribution in [0.1, 0.15) is 26.3 Å². The Bertz CT molecular complexity index is 541. The van der Waals surface area contributed by atoms with Crippen LogP contribution in [0, 0.1) is 6.92 Å². The van der Waals surface area contributed by atoms with E-state index in [9.17, 15) is 9.59 Å². The highest BCUT2D eigenvalue weighted by molar-refractivity contribution is 5.95. The van der Waals surface area contributed by atoms with Crippen molar-refractivity contribution in [3.05, 3.63) is 47.0 Å². The molecule has 0 aliphatic carbocycles. The Kier molecular flexibility index (Phi) is 2.34. The lowest BCUT2D eigenvalue weighted by Gasteiger charge is -2.04. The molecule has 0 fully saturated rings. The lowest BCUT2D eigenvalue weighted by atomic mass is 9.99. The molecule has 0 heterocycles. The molecule has 0 bridgehead atoms. The predicted molar refractivity (Wildman–Crippen MR) is 59.5 cm³/mol. The number of carbonyl (C=O) groups is 2. The largest absolute Gasteiger partial charge is 0.298 e. The van der Waals surface area contributed by atoms with Crippen molar-refractivity contribution in [3.63, 3.8) is 0 Å². The highest BCUT2D eigenvalue weighted by Gasteiger charge is 2.02. The van der Waals surface area contributed by atoms with Crippen LogP contribution >= 0.6 is 0 Å². The summed E-state index contributed by atoms with van der Waals surface area (Å²) < 4.78 is 0. The Morgan fingerprint density at radius 1 is 1.00 bits per heavy atom. The summed E-state index contributed by atoms with van der Waals surface area (Å²) in [5.74, 6) is 0.